The highest BCUT2D eigenvalue weighted by Gasteiger charge is 2.14. The van der Waals surface area contributed by atoms with Gasteiger partial charge in [0.2, 0.25) is 10.0 Å². The van der Waals surface area contributed by atoms with Gasteiger partial charge in [0, 0.05) is 6.04 Å². The van der Waals surface area contributed by atoms with Gasteiger partial charge in [-0.25, -0.2) is 18.4 Å². The van der Waals surface area contributed by atoms with Crippen molar-refractivity contribution < 1.29 is 13.2 Å². The monoisotopic (exact) mass is 375 g/mol. The highest BCUT2D eigenvalue weighted by molar-refractivity contribution is 7.89. The zero-order chi connectivity index (χ0) is 19.2. The molecule has 0 aliphatic rings. The average molecular weight is 375 g/mol. The highest BCUT2D eigenvalue weighted by atomic mass is 32.2. The van der Waals surface area contributed by atoms with Gasteiger partial charge in [0.15, 0.2) is 0 Å². The summed E-state index contributed by atoms with van der Waals surface area (Å²) in [5, 5.41) is 10.9. The first kappa shape index (κ1) is 19.9. The van der Waals surface area contributed by atoms with Gasteiger partial charge in [-0.15, -0.1) is 0 Å². The number of urea groups is 1. The quantitative estimate of drug-likeness (QED) is 0.693. The topological polar surface area (TPSA) is 101 Å². The molecule has 2 aromatic rings. The number of sulfonamides is 1. The smallest absolute Gasteiger partial charge is 0.315 e. The zero-order valence-electron chi connectivity index (χ0n) is 15.0. The van der Waals surface area contributed by atoms with Crippen LogP contribution in [0.15, 0.2) is 59.5 Å². The lowest BCUT2D eigenvalue weighted by atomic mass is 10.1. The predicted molar refractivity (Wildman–Crippen MR) is 102 cm³/mol. The van der Waals surface area contributed by atoms with Gasteiger partial charge in [-0.2, -0.15) is 0 Å². The molecule has 0 fully saturated rings. The lowest BCUT2D eigenvalue weighted by molar-refractivity contribution is 0.234. The summed E-state index contributed by atoms with van der Waals surface area (Å²) in [6.45, 7) is 3.74. The molecule has 2 unspecified atom stereocenters. The average Bonchev–Trinajstić information content (AvgIpc) is 2.60. The van der Waals surface area contributed by atoms with Crippen LogP contribution in [0.3, 0.4) is 0 Å². The second-order valence-corrected chi connectivity index (χ2v) is 7.94. The number of amides is 2. The summed E-state index contributed by atoms with van der Waals surface area (Å²) in [7, 11) is -3.77. The van der Waals surface area contributed by atoms with Crippen LogP contribution >= 0.6 is 0 Å². The molecule has 2 atom stereocenters. The number of carbonyl (C=O) groups is 1. The summed E-state index contributed by atoms with van der Waals surface area (Å²) in [5.74, 6) is 0. The van der Waals surface area contributed by atoms with Crippen LogP contribution in [0, 0.1) is 0 Å². The molecule has 2 rings (SSSR count). The SMILES string of the molecule is CC(CCc1ccccc1)NC(=O)NC(C)c1cccc(S(N)(=O)=O)c1. The maximum absolute atomic E-state index is 12.2. The van der Waals surface area contributed by atoms with Gasteiger partial charge in [0.05, 0.1) is 10.9 Å². The normalized spacial score (nSPS) is 13.7. The number of rotatable bonds is 7. The summed E-state index contributed by atoms with van der Waals surface area (Å²) < 4.78 is 22.9. The van der Waals surface area contributed by atoms with Crippen molar-refractivity contribution in [2.24, 2.45) is 5.14 Å². The van der Waals surface area contributed by atoms with Crippen molar-refractivity contribution in [2.45, 2.75) is 43.7 Å². The molecule has 0 saturated heterocycles. The summed E-state index contributed by atoms with van der Waals surface area (Å²) in [5.41, 5.74) is 1.90. The molecule has 2 amide bonds. The number of hydrogen-bond acceptors (Lipinski definition) is 3. The number of nitrogens with one attached hydrogen (secondary N) is 2. The predicted octanol–water partition coefficient (Wildman–Crippen LogP) is 2.72. The largest absolute Gasteiger partial charge is 0.336 e. The minimum absolute atomic E-state index is 0.0122. The Morgan fingerprint density at radius 2 is 1.73 bits per heavy atom. The fraction of sp³-hybridized carbons (Fsp3) is 0.316. The Morgan fingerprint density at radius 1 is 1.04 bits per heavy atom. The van der Waals surface area contributed by atoms with E-state index in [-0.39, 0.29) is 23.0 Å². The molecule has 4 N–H and O–H groups in total. The van der Waals surface area contributed by atoms with Crippen molar-refractivity contribution in [1.82, 2.24) is 10.6 Å². The molecule has 7 heteroatoms. The van der Waals surface area contributed by atoms with Crippen molar-refractivity contribution in [1.29, 1.82) is 0 Å². The third kappa shape index (κ3) is 6.16. The van der Waals surface area contributed by atoms with Crippen LogP contribution in [0.25, 0.3) is 0 Å². The molecule has 0 aliphatic carbocycles. The molecule has 0 bridgehead atoms. The van der Waals surface area contributed by atoms with Gasteiger partial charge >= 0.3 is 6.03 Å². The Balaban J connectivity index is 1.87. The lowest BCUT2D eigenvalue weighted by Gasteiger charge is -2.19. The molecule has 26 heavy (non-hydrogen) atoms. The van der Waals surface area contributed by atoms with E-state index in [2.05, 4.69) is 22.8 Å². The lowest BCUT2D eigenvalue weighted by Crippen LogP contribution is -2.42. The molecule has 2 aromatic carbocycles. The summed E-state index contributed by atoms with van der Waals surface area (Å²) in [4.78, 5) is 12.2. The third-order valence-electron chi connectivity index (χ3n) is 4.12. The maximum atomic E-state index is 12.2. The van der Waals surface area contributed by atoms with Crippen LogP contribution in [0.4, 0.5) is 4.79 Å². The van der Waals surface area contributed by atoms with E-state index in [4.69, 9.17) is 5.14 Å². The maximum Gasteiger partial charge on any atom is 0.315 e. The van der Waals surface area contributed by atoms with Gasteiger partial charge in [-0.3, -0.25) is 0 Å². The van der Waals surface area contributed by atoms with Gasteiger partial charge in [0.25, 0.3) is 0 Å². The Bertz CT molecular complexity index is 838. The number of hydrogen-bond donors (Lipinski definition) is 3. The molecule has 0 heterocycles. The van der Waals surface area contributed by atoms with Crippen LogP contribution < -0.4 is 15.8 Å². The molecule has 6 nitrogen and oxygen atoms in total. The van der Waals surface area contributed by atoms with E-state index >= 15 is 0 Å². The summed E-state index contributed by atoms with van der Waals surface area (Å²) >= 11 is 0. The van der Waals surface area contributed by atoms with Crippen LogP contribution in [0.2, 0.25) is 0 Å². The van der Waals surface area contributed by atoms with E-state index in [0.717, 1.165) is 12.8 Å². The molecule has 0 aliphatic heterocycles. The van der Waals surface area contributed by atoms with E-state index in [1.165, 1.54) is 17.7 Å². The Hall–Kier alpha value is -2.38. The minimum atomic E-state index is -3.77. The number of nitrogens with two attached hydrogens (primary N) is 1. The molecule has 0 spiro atoms. The van der Waals surface area contributed by atoms with E-state index < -0.39 is 10.0 Å². The van der Waals surface area contributed by atoms with Crippen molar-refractivity contribution in [3.8, 4) is 0 Å². The van der Waals surface area contributed by atoms with Crippen LogP contribution in [0.5, 0.6) is 0 Å². The van der Waals surface area contributed by atoms with Crippen molar-refractivity contribution in [3.63, 3.8) is 0 Å². The van der Waals surface area contributed by atoms with Crippen molar-refractivity contribution in [3.05, 3.63) is 65.7 Å². The molecule has 0 saturated carbocycles. The fourth-order valence-corrected chi connectivity index (χ4v) is 3.17. The minimum Gasteiger partial charge on any atom is -0.336 e. The third-order valence-corrected chi connectivity index (χ3v) is 5.03. The van der Waals surface area contributed by atoms with Crippen LogP contribution in [-0.2, 0) is 16.4 Å². The molecule has 0 radical (unpaired) electrons. The number of primary sulfonamides is 1. The second-order valence-electron chi connectivity index (χ2n) is 6.38. The number of benzene rings is 2. The summed E-state index contributed by atoms with van der Waals surface area (Å²) in [6, 6.07) is 15.7. The van der Waals surface area contributed by atoms with Crippen LogP contribution in [0.1, 0.15) is 37.4 Å². The fourth-order valence-electron chi connectivity index (χ4n) is 2.61. The number of aryl methyl sites for hydroxylation is 1. The van der Waals surface area contributed by atoms with Gasteiger partial charge < -0.3 is 10.6 Å². The zero-order valence-corrected chi connectivity index (χ0v) is 15.8. The van der Waals surface area contributed by atoms with Gasteiger partial charge in [-0.05, 0) is 49.9 Å². The van der Waals surface area contributed by atoms with Crippen molar-refractivity contribution >= 4 is 16.1 Å². The Kier molecular flexibility index (Phi) is 6.76. The standard InChI is InChI=1S/C19H25N3O3S/c1-14(11-12-16-7-4-3-5-8-16)21-19(23)22-15(2)17-9-6-10-18(13-17)26(20,24)25/h3-10,13-15H,11-12H2,1-2H3,(H2,20,24,25)(H2,21,22,23). The van der Waals surface area contributed by atoms with Crippen LogP contribution in [-0.4, -0.2) is 20.5 Å². The second kappa shape index (κ2) is 8.82. The molecular weight excluding hydrogens is 350 g/mol. The first-order chi connectivity index (χ1) is 12.3. The van der Waals surface area contributed by atoms with E-state index in [9.17, 15) is 13.2 Å². The van der Waals surface area contributed by atoms with Crippen molar-refractivity contribution in [2.75, 3.05) is 0 Å². The summed E-state index contributed by atoms with van der Waals surface area (Å²) in [6.07, 6.45) is 1.71. The Labute approximate surface area is 154 Å². The Morgan fingerprint density at radius 3 is 2.38 bits per heavy atom. The molecular formula is C19H25N3O3S. The van der Waals surface area contributed by atoms with E-state index in [0.29, 0.717) is 5.56 Å². The molecule has 0 aromatic heterocycles. The van der Waals surface area contributed by atoms with Gasteiger partial charge in [-0.1, -0.05) is 42.5 Å². The van der Waals surface area contributed by atoms with Gasteiger partial charge in [0.1, 0.15) is 0 Å². The number of carbonyl (C=O) groups excluding carboxylic acids is 1. The first-order valence-corrected chi connectivity index (χ1v) is 10.0. The van der Waals surface area contributed by atoms with E-state index in [1.807, 2.05) is 25.1 Å². The first-order valence-electron chi connectivity index (χ1n) is 8.49. The highest BCUT2D eigenvalue weighted by Crippen LogP contribution is 2.16. The molecule has 140 valence electrons. The van der Waals surface area contributed by atoms with E-state index in [1.54, 1.807) is 19.1 Å².